The van der Waals surface area contributed by atoms with Gasteiger partial charge in [0.2, 0.25) is 5.82 Å². The number of hydrogen-bond acceptors (Lipinski definition) is 3. The molecule has 0 N–H and O–H groups in total. The van der Waals surface area contributed by atoms with Crippen LogP contribution in [0, 0.1) is 21.7 Å². The van der Waals surface area contributed by atoms with Crippen LogP contribution in [0.25, 0.3) is 0 Å². The zero-order chi connectivity index (χ0) is 15.4. The van der Waals surface area contributed by atoms with Crippen LogP contribution in [0.3, 0.4) is 0 Å². The van der Waals surface area contributed by atoms with Crippen LogP contribution in [0.4, 0.5) is 14.5 Å². The summed E-state index contributed by atoms with van der Waals surface area (Å²) in [4.78, 5) is 23.0. The number of nitrogens with zero attached hydrogens (tertiary/aromatic N) is 2. The Morgan fingerprint density at radius 1 is 1.35 bits per heavy atom. The van der Waals surface area contributed by atoms with Crippen molar-refractivity contribution < 1.29 is 18.5 Å². The Kier molecular flexibility index (Phi) is 5.12. The van der Waals surface area contributed by atoms with Crippen LogP contribution in [0.15, 0.2) is 12.1 Å². The van der Waals surface area contributed by atoms with E-state index in [4.69, 9.17) is 0 Å². The van der Waals surface area contributed by atoms with Gasteiger partial charge in [0.1, 0.15) is 11.4 Å². The Morgan fingerprint density at radius 2 is 1.90 bits per heavy atom. The van der Waals surface area contributed by atoms with Crippen LogP contribution in [0.2, 0.25) is 0 Å². The normalized spacial score (nSPS) is 10.7. The lowest BCUT2D eigenvalue weighted by Gasteiger charge is -2.26. The van der Waals surface area contributed by atoms with Crippen molar-refractivity contribution in [1.82, 2.24) is 4.90 Å². The van der Waals surface area contributed by atoms with Crippen molar-refractivity contribution in [3.63, 3.8) is 0 Å². The highest BCUT2D eigenvalue weighted by Gasteiger charge is 2.29. The number of nitro groups is 1. The molecular formula is C13H16F2N2O3. The van der Waals surface area contributed by atoms with Crippen LogP contribution in [-0.2, 0) is 0 Å². The van der Waals surface area contributed by atoms with Crippen LogP contribution in [-0.4, -0.2) is 28.8 Å². The highest BCUT2D eigenvalue weighted by atomic mass is 19.1. The molecule has 0 unspecified atom stereocenters. The summed E-state index contributed by atoms with van der Waals surface area (Å²) in [6.45, 7) is 3.69. The van der Waals surface area contributed by atoms with Crippen molar-refractivity contribution in [3.05, 3.63) is 39.4 Å². The molecule has 1 rings (SSSR count). The maximum Gasteiger partial charge on any atom is 0.305 e. The van der Waals surface area contributed by atoms with Gasteiger partial charge in [0.05, 0.1) is 4.92 Å². The van der Waals surface area contributed by atoms with Gasteiger partial charge in [0, 0.05) is 19.2 Å². The van der Waals surface area contributed by atoms with Gasteiger partial charge in [0.25, 0.3) is 5.91 Å². The first-order chi connectivity index (χ1) is 9.34. The Morgan fingerprint density at radius 3 is 2.35 bits per heavy atom. The largest absolute Gasteiger partial charge is 0.339 e. The van der Waals surface area contributed by atoms with Crippen molar-refractivity contribution in [2.24, 2.45) is 0 Å². The molecule has 0 fully saturated rings. The zero-order valence-electron chi connectivity index (χ0n) is 11.5. The predicted molar refractivity (Wildman–Crippen MR) is 69.5 cm³/mol. The smallest absolute Gasteiger partial charge is 0.305 e. The summed E-state index contributed by atoms with van der Waals surface area (Å²) in [5.74, 6) is -3.42. The lowest BCUT2D eigenvalue weighted by atomic mass is 10.1. The summed E-state index contributed by atoms with van der Waals surface area (Å²) in [7, 11) is 1.43. The minimum absolute atomic E-state index is 0.180. The predicted octanol–water partition coefficient (Wildman–Crippen LogP) is 3.13. The lowest BCUT2D eigenvalue weighted by molar-refractivity contribution is -0.387. The van der Waals surface area contributed by atoms with E-state index in [1.165, 1.54) is 11.9 Å². The second kappa shape index (κ2) is 6.40. The average molecular weight is 286 g/mol. The second-order valence-electron chi connectivity index (χ2n) is 4.40. The average Bonchev–Trinajstić information content (AvgIpc) is 2.39. The SMILES string of the molecule is CCC(CC)N(C)C(=O)c1c(F)ccc([N+](=O)[O-])c1F. The first-order valence-corrected chi connectivity index (χ1v) is 6.24. The van der Waals surface area contributed by atoms with E-state index in [0.29, 0.717) is 18.9 Å². The standard InChI is InChI=1S/C13H16F2N2O3/c1-4-8(5-2)16(3)13(18)11-9(14)6-7-10(12(11)15)17(19)20/h6-8H,4-5H2,1-3H3. The number of amides is 1. The van der Waals surface area contributed by atoms with E-state index < -0.39 is 33.7 Å². The molecule has 1 aromatic rings. The van der Waals surface area contributed by atoms with Gasteiger partial charge < -0.3 is 4.90 Å². The molecule has 0 radical (unpaired) electrons. The van der Waals surface area contributed by atoms with Gasteiger partial charge in [-0.2, -0.15) is 4.39 Å². The highest BCUT2D eigenvalue weighted by molar-refractivity contribution is 5.95. The van der Waals surface area contributed by atoms with Crippen LogP contribution in [0.5, 0.6) is 0 Å². The molecule has 20 heavy (non-hydrogen) atoms. The number of halogens is 2. The molecule has 7 heteroatoms. The number of benzene rings is 1. The fraction of sp³-hybridized carbons (Fsp3) is 0.462. The second-order valence-corrected chi connectivity index (χ2v) is 4.40. The van der Waals surface area contributed by atoms with E-state index in [0.717, 1.165) is 6.07 Å². The van der Waals surface area contributed by atoms with Gasteiger partial charge in [-0.25, -0.2) is 4.39 Å². The van der Waals surface area contributed by atoms with Gasteiger partial charge in [-0.05, 0) is 18.9 Å². The summed E-state index contributed by atoms with van der Waals surface area (Å²) in [6, 6.07) is 1.26. The van der Waals surface area contributed by atoms with E-state index >= 15 is 0 Å². The van der Waals surface area contributed by atoms with Gasteiger partial charge in [-0.1, -0.05) is 13.8 Å². The molecular weight excluding hydrogens is 270 g/mol. The topological polar surface area (TPSA) is 63.5 Å². The minimum Gasteiger partial charge on any atom is -0.339 e. The van der Waals surface area contributed by atoms with Crippen molar-refractivity contribution in [2.75, 3.05) is 7.05 Å². The fourth-order valence-corrected chi connectivity index (χ4v) is 2.06. The van der Waals surface area contributed by atoms with Gasteiger partial charge >= 0.3 is 5.69 Å². The third-order valence-electron chi connectivity index (χ3n) is 3.29. The summed E-state index contributed by atoms with van der Waals surface area (Å²) in [5, 5.41) is 10.6. The summed E-state index contributed by atoms with van der Waals surface area (Å²) >= 11 is 0. The molecule has 0 aliphatic heterocycles. The zero-order valence-corrected chi connectivity index (χ0v) is 11.5. The lowest BCUT2D eigenvalue weighted by Crippen LogP contribution is -2.37. The van der Waals surface area contributed by atoms with Crippen molar-refractivity contribution in [1.29, 1.82) is 0 Å². The molecule has 0 aliphatic carbocycles. The van der Waals surface area contributed by atoms with E-state index in [-0.39, 0.29) is 6.04 Å². The van der Waals surface area contributed by atoms with E-state index in [9.17, 15) is 23.7 Å². The monoisotopic (exact) mass is 286 g/mol. The quantitative estimate of drug-likeness (QED) is 0.617. The van der Waals surface area contributed by atoms with Crippen molar-refractivity contribution in [3.8, 4) is 0 Å². The molecule has 0 spiro atoms. The van der Waals surface area contributed by atoms with E-state index in [1.54, 1.807) is 0 Å². The van der Waals surface area contributed by atoms with Crippen LogP contribution in [0.1, 0.15) is 37.0 Å². The number of hydrogen-bond donors (Lipinski definition) is 0. The molecule has 0 saturated heterocycles. The maximum absolute atomic E-state index is 13.9. The van der Waals surface area contributed by atoms with E-state index in [2.05, 4.69) is 0 Å². The molecule has 0 aliphatic rings. The summed E-state index contributed by atoms with van der Waals surface area (Å²) in [5.41, 5.74) is -1.79. The number of carbonyl (C=O) groups is 1. The third-order valence-corrected chi connectivity index (χ3v) is 3.29. The third kappa shape index (κ3) is 2.92. The molecule has 0 bridgehead atoms. The number of rotatable bonds is 5. The molecule has 1 amide bonds. The number of carbonyl (C=O) groups excluding carboxylic acids is 1. The summed E-state index contributed by atoms with van der Waals surface area (Å²) in [6.07, 6.45) is 1.24. The Labute approximate surface area is 115 Å². The van der Waals surface area contributed by atoms with Crippen molar-refractivity contribution in [2.45, 2.75) is 32.7 Å². The van der Waals surface area contributed by atoms with E-state index in [1.807, 2.05) is 13.8 Å². The fourth-order valence-electron chi connectivity index (χ4n) is 2.06. The van der Waals surface area contributed by atoms with Crippen LogP contribution < -0.4 is 0 Å². The van der Waals surface area contributed by atoms with Crippen LogP contribution >= 0.6 is 0 Å². The van der Waals surface area contributed by atoms with Gasteiger partial charge in [-0.3, -0.25) is 14.9 Å². The molecule has 5 nitrogen and oxygen atoms in total. The first-order valence-electron chi connectivity index (χ1n) is 6.24. The number of nitro benzene ring substituents is 1. The Balaban J connectivity index is 3.28. The molecule has 0 aromatic heterocycles. The summed E-state index contributed by atoms with van der Waals surface area (Å²) < 4.78 is 27.6. The molecule has 0 heterocycles. The highest BCUT2D eigenvalue weighted by Crippen LogP contribution is 2.25. The molecule has 0 atom stereocenters. The molecule has 110 valence electrons. The first kappa shape index (κ1) is 16.0. The Hall–Kier alpha value is -2.05. The molecule has 0 saturated carbocycles. The van der Waals surface area contributed by atoms with Gasteiger partial charge in [-0.15, -0.1) is 0 Å². The maximum atomic E-state index is 13.9. The van der Waals surface area contributed by atoms with Gasteiger partial charge in [0.15, 0.2) is 0 Å². The minimum atomic E-state index is -1.43. The Bertz CT molecular complexity index is 531. The van der Waals surface area contributed by atoms with Crippen molar-refractivity contribution >= 4 is 11.6 Å². The molecule has 1 aromatic carbocycles.